The highest BCUT2D eigenvalue weighted by atomic mass is 79.9. The van der Waals surface area contributed by atoms with Crippen molar-refractivity contribution >= 4 is 33.5 Å². The third-order valence-electron chi connectivity index (χ3n) is 2.25. The maximum Gasteiger partial charge on any atom is 0.328 e. The highest BCUT2D eigenvalue weighted by molar-refractivity contribution is 9.10. The van der Waals surface area contributed by atoms with E-state index in [4.69, 9.17) is 10.5 Å². The lowest BCUT2D eigenvalue weighted by Crippen LogP contribution is -2.39. The monoisotopic (exact) mass is 314 g/mol. The minimum Gasteiger partial charge on any atom is -0.464 e. The van der Waals surface area contributed by atoms with Crippen molar-refractivity contribution in [2.45, 2.75) is 19.9 Å². The molecule has 0 aliphatic rings. The van der Waals surface area contributed by atoms with Gasteiger partial charge in [-0.3, -0.25) is 4.79 Å². The van der Waals surface area contributed by atoms with Crippen LogP contribution in [0.25, 0.3) is 0 Å². The second kappa shape index (κ2) is 6.39. The Morgan fingerprint density at radius 2 is 2.17 bits per heavy atom. The van der Waals surface area contributed by atoms with Crippen molar-refractivity contribution in [3.8, 4) is 0 Å². The molecular weight excluding hydrogens is 300 g/mol. The molecule has 0 bridgehead atoms. The van der Waals surface area contributed by atoms with Gasteiger partial charge in [0.1, 0.15) is 6.04 Å². The molecule has 1 aromatic rings. The number of hydrogen-bond donors (Lipinski definition) is 2. The van der Waals surface area contributed by atoms with E-state index in [1.165, 1.54) is 0 Å². The van der Waals surface area contributed by atoms with E-state index in [0.717, 1.165) is 0 Å². The van der Waals surface area contributed by atoms with Crippen LogP contribution >= 0.6 is 15.9 Å². The lowest BCUT2D eigenvalue weighted by molar-refractivity contribution is -0.144. The van der Waals surface area contributed by atoms with Crippen LogP contribution in [0.5, 0.6) is 0 Å². The molecule has 1 amide bonds. The van der Waals surface area contributed by atoms with Crippen LogP contribution in [0, 0.1) is 0 Å². The van der Waals surface area contributed by atoms with Gasteiger partial charge in [0.25, 0.3) is 5.91 Å². The molecule has 0 saturated heterocycles. The fourth-order valence-corrected chi connectivity index (χ4v) is 1.65. The molecule has 0 spiro atoms. The first-order valence-electron chi connectivity index (χ1n) is 5.48. The summed E-state index contributed by atoms with van der Waals surface area (Å²) in [6.45, 7) is 3.57. The lowest BCUT2D eigenvalue weighted by atomic mass is 10.2. The summed E-state index contributed by atoms with van der Waals surface area (Å²) in [5, 5.41) is 2.55. The molecule has 6 heteroatoms. The van der Waals surface area contributed by atoms with Gasteiger partial charge in [0, 0.05) is 15.7 Å². The van der Waals surface area contributed by atoms with E-state index < -0.39 is 12.0 Å². The molecule has 0 saturated carbocycles. The van der Waals surface area contributed by atoms with Crippen LogP contribution < -0.4 is 11.1 Å². The number of carbonyl (C=O) groups excluding carboxylic acids is 2. The zero-order chi connectivity index (χ0) is 13.7. The fourth-order valence-electron chi connectivity index (χ4n) is 1.27. The van der Waals surface area contributed by atoms with Crippen LogP contribution in [0.4, 0.5) is 5.69 Å². The quantitative estimate of drug-likeness (QED) is 0.655. The summed E-state index contributed by atoms with van der Waals surface area (Å²) in [6.07, 6.45) is 0. The molecule has 1 aromatic carbocycles. The molecular formula is C12H15BrN2O3. The zero-order valence-electron chi connectivity index (χ0n) is 10.2. The minimum absolute atomic E-state index is 0.284. The molecule has 18 heavy (non-hydrogen) atoms. The first-order valence-corrected chi connectivity index (χ1v) is 6.27. The number of esters is 1. The highest BCUT2D eigenvalue weighted by Gasteiger charge is 2.17. The van der Waals surface area contributed by atoms with E-state index in [1.807, 2.05) is 0 Å². The highest BCUT2D eigenvalue weighted by Crippen LogP contribution is 2.20. The Hall–Kier alpha value is -1.56. The van der Waals surface area contributed by atoms with Crippen molar-refractivity contribution in [2.24, 2.45) is 0 Å². The number of benzene rings is 1. The van der Waals surface area contributed by atoms with Gasteiger partial charge < -0.3 is 15.8 Å². The topological polar surface area (TPSA) is 81.4 Å². The Bertz CT molecular complexity index is 463. The van der Waals surface area contributed by atoms with Crippen LogP contribution in [0.1, 0.15) is 24.2 Å². The second-order valence-corrected chi connectivity index (χ2v) is 4.54. The van der Waals surface area contributed by atoms with Crippen molar-refractivity contribution < 1.29 is 14.3 Å². The second-order valence-electron chi connectivity index (χ2n) is 3.68. The number of carbonyl (C=O) groups is 2. The summed E-state index contributed by atoms with van der Waals surface area (Å²) in [6, 6.07) is 4.12. The van der Waals surface area contributed by atoms with E-state index >= 15 is 0 Å². The Kier molecular flexibility index (Phi) is 5.15. The third-order valence-corrected chi connectivity index (χ3v) is 2.94. The van der Waals surface area contributed by atoms with Crippen LogP contribution in [0.3, 0.4) is 0 Å². The SMILES string of the molecule is CCOC(=O)C(C)NC(=O)c1ccc(N)c(Br)c1. The Balaban J connectivity index is 2.70. The van der Waals surface area contributed by atoms with Crippen molar-refractivity contribution in [2.75, 3.05) is 12.3 Å². The Morgan fingerprint density at radius 1 is 1.50 bits per heavy atom. The van der Waals surface area contributed by atoms with Gasteiger partial charge in [0.2, 0.25) is 0 Å². The molecule has 0 radical (unpaired) electrons. The average molecular weight is 315 g/mol. The van der Waals surface area contributed by atoms with Gasteiger partial charge >= 0.3 is 5.97 Å². The molecule has 1 rings (SSSR count). The molecule has 0 aliphatic carbocycles. The number of ether oxygens (including phenoxy) is 1. The predicted octanol–water partition coefficient (Wildman–Crippen LogP) is 1.71. The molecule has 1 unspecified atom stereocenters. The van der Waals surface area contributed by atoms with Gasteiger partial charge in [-0.2, -0.15) is 0 Å². The summed E-state index contributed by atoms with van der Waals surface area (Å²) in [5.41, 5.74) is 6.59. The van der Waals surface area contributed by atoms with Crippen molar-refractivity contribution in [3.05, 3.63) is 28.2 Å². The maximum absolute atomic E-state index is 11.8. The summed E-state index contributed by atoms with van der Waals surface area (Å²) in [7, 11) is 0. The summed E-state index contributed by atoms with van der Waals surface area (Å²) >= 11 is 3.24. The van der Waals surface area contributed by atoms with Crippen LogP contribution in [0.15, 0.2) is 22.7 Å². The fraction of sp³-hybridized carbons (Fsp3) is 0.333. The van der Waals surface area contributed by atoms with Crippen molar-refractivity contribution in [1.82, 2.24) is 5.32 Å². The number of anilines is 1. The maximum atomic E-state index is 11.8. The Morgan fingerprint density at radius 3 is 2.72 bits per heavy atom. The van der Waals surface area contributed by atoms with E-state index in [-0.39, 0.29) is 12.5 Å². The first kappa shape index (κ1) is 14.5. The van der Waals surface area contributed by atoms with Gasteiger partial charge in [-0.05, 0) is 48.0 Å². The number of nitrogen functional groups attached to an aromatic ring is 1. The standard InChI is InChI=1S/C12H15BrN2O3/c1-3-18-12(17)7(2)15-11(16)8-4-5-10(14)9(13)6-8/h4-7H,3,14H2,1-2H3,(H,15,16). The van der Waals surface area contributed by atoms with Crippen molar-refractivity contribution in [1.29, 1.82) is 0 Å². The molecule has 3 N–H and O–H groups in total. The lowest BCUT2D eigenvalue weighted by Gasteiger charge is -2.12. The molecule has 0 fully saturated rings. The summed E-state index contributed by atoms with van der Waals surface area (Å²) in [5.74, 6) is -0.809. The van der Waals surface area contributed by atoms with E-state index in [0.29, 0.717) is 15.7 Å². The van der Waals surface area contributed by atoms with Gasteiger partial charge in [0.05, 0.1) is 6.61 Å². The molecule has 5 nitrogen and oxygen atoms in total. The number of amides is 1. The van der Waals surface area contributed by atoms with Crippen molar-refractivity contribution in [3.63, 3.8) is 0 Å². The minimum atomic E-state index is -0.686. The smallest absolute Gasteiger partial charge is 0.328 e. The van der Waals surface area contributed by atoms with Gasteiger partial charge in [-0.25, -0.2) is 4.79 Å². The summed E-state index contributed by atoms with van der Waals surface area (Å²) in [4.78, 5) is 23.2. The van der Waals surface area contributed by atoms with Gasteiger partial charge in [0.15, 0.2) is 0 Å². The predicted molar refractivity (Wildman–Crippen MR) is 72.1 cm³/mol. The van der Waals surface area contributed by atoms with Gasteiger partial charge in [-0.15, -0.1) is 0 Å². The van der Waals surface area contributed by atoms with E-state index in [1.54, 1.807) is 32.0 Å². The van der Waals surface area contributed by atoms with Crippen LogP contribution in [-0.2, 0) is 9.53 Å². The molecule has 0 heterocycles. The Labute approximate surface area is 114 Å². The van der Waals surface area contributed by atoms with Crippen LogP contribution in [0.2, 0.25) is 0 Å². The molecule has 0 aromatic heterocycles. The third kappa shape index (κ3) is 3.73. The molecule has 98 valence electrons. The number of halogens is 1. The molecule has 0 aliphatic heterocycles. The largest absolute Gasteiger partial charge is 0.464 e. The number of nitrogens with two attached hydrogens (primary N) is 1. The normalized spacial score (nSPS) is 11.7. The van der Waals surface area contributed by atoms with E-state index in [2.05, 4.69) is 21.2 Å². The zero-order valence-corrected chi connectivity index (χ0v) is 11.8. The average Bonchev–Trinajstić information content (AvgIpc) is 2.32. The number of nitrogens with one attached hydrogen (secondary N) is 1. The molecule has 1 atom stereocenters. The first-order chi connectivity index (χ1) is 8.45. The number of hydrogen-bond acceptors (Lipinski definition) is 4. The van der Waals surface area contributed by atoms with E-state index in [9.17, 15) is 9.59 Å². The van der Waals surface area contributed by atoms with Gasteiger partial charge in [-0.1, -0.05) is 0 Å². The van der Waals surface area contributed by atoms with Crippen LogP contribution in [-0.4, -0.2) is 24.5 Å². The number of rotatable bonds is 4. The summed E-state index contributed by atoms with van der Waals surface area (Å²) < 4.78 is 5.44.